The van der Waals surface area contributed by atoms with Gasteiger partial charge in [-0.2, -0.15) is 5.10 Å². The predicted molar refractivity (Wildman–Crippen MR) is 76.3 cm³/mol. The second kappa shape index (κ2) is 5.26. The number of rotatable bonds is 4. The second-order valence-corrected chi connectivity index (χ2v) is 4.56. The Kier molecular flexibility index (Phi) is 3.69. The molecule has 0 aromatic carbocycles. The van der Waals surface area contributed by atoms with Crippen LogP contribution in [0.15, 0.2) is 6.07 Å². The number of anilines is 2. The van der Waals surface area contributed by atoms with Gasteiger partial charge in [0.15, 0.2) is 0 Å². The van der Waals surface area contributed by atoms with Crippen LogP contribution in [0, 0.1) is 20.8 Å². The SMILES string of the molecule is CNc1cc(NCc2c(C)nn(C)c2C)nc(C)n1. The topological polar surface area (TPSA) is 67.7 Å². The van der Waals surface area contributed by atoms with Crippen LogP contribution < -0.4 is 10.6 Å². The lowest BCUT2D eigenvalue weighted by Crippen LogP contribution is -2.06. The number of nitrogens with zero attached hydrogens (tertiary/aromatic N) is 4. The molecule has 0 amide bonds. The van der Waals surface area contributed by atoms with Crippen molar-refractivity contribution in [2.45, 2.75) is 27.3 Å². The molecular formula is C13H20N6. The summed E-state index contributed by atoms with van der Waals surface area (Å²) in [6, 6.07) is 1.90. The van der Waals surface area contributed by atoms with E-state index in [1.165, 1.54) is 11.3 Å². The molecule has 0 fully saturated rings. The maximum atomic E-state index is 4.41. The Morgan fingerprint density at radius 3 is 2.42 bits per heavy atom. The highest BCUT2D eigenvalue weighted by Gasteiger charge is 2.09. The Morgan fingerprint density at radius 1 is 1.16 bits per heavy atom. The molecule has 2 N–H and O–H groups in total. The molecule has 0 spiro atoms. The number of aromatic nitrogens is 4. The summed E-state index contributed by atoms with van der Waals surface area (Å²) in [6.45, 7) is 6.69. The van der Waals surface area contributed by atoms with Crippen molar-refractivity contribution in [3.05, 3.63) is 28.8 Å². The first-order valence-electron chi connectivity index (χ1n) is 6.27. The molecule has 0 saturated carbocycles. The van der Waals surface area contributed by atoms with E-state index in [0.717, 1.165) is 23.2 Å². The number of aryl methyl sites for hydroxylation is 3. The monoisotopic (exact) mass is 260 g/mol. The zero-order valence-electron chi connectivity index (χ0n) is 12.1. The van der Waals surface area contributed by atoms with Crippen LogP contribution in [0.4, 0.5) is 11.6 Å². The van der Waals surface area contributed by atoms with Gasteiger partial charge in [0, 0.05) is 38.0 Å². The van der Waals surface area contributed by atoms with Crippen molar-refractivity contribution in [3.63, 3.8) is 0 Å². The number of nitrogens with one attached hydrogen (secondary N) is 2. The third kappa shape index (κ3) is 2.83. The van der Waals surface area contributed by atoms with E-state index in [2.05, 4.69) is 32.6 Å². The molecule has 2 heterocycles. The van der Waals surface area contributed by atoms with E-state index in [1.54, 1.807) is 0 Å². The van der Waals surface area contributed by atoms with Crippen LogP contribution >= 0.6 is 0 Å². The first-order chi connectivity index (χ1) is 9.01. The third-order valence-electron chi connectivity index (χ3n) is 3.20. The molecule has 0 radical (unpaired) electrons. The molecule has 0 aliphatic heterocycles. The lowest BCUT2D eigenvalue weighted by Gasteiger charge is -2.08. The quantitative estimate of drug-likeness (QED) is 0.877. The van der Waals surface area contributed by atoms with E-state index in [1.807, 2.05) is 38.7 Å². The van der Waals surface area contributed by atoms with Gasteiger partial charge in [0.2, 0.25) is 0 Å². The highest BCUT2D eigenvalue weighted by molar-refractivity contribution is 5.47. The van der Waals surface area contributed by atoms with E-state index < -0.39 is 0 Å². The Bertz CT molecular complexity index is 587. The smallest absolute Gasteiger partial charge is 0.132 e. The summed E-state index contributed by atoms with van der Waals surface area (Å²) >= 11 is 0. The van der Waals surface area contributed by atoms with Crippen LogP contribution in [0.5, 0.6) is 0 Å². The minimum absolute atomic E-state index is 0.713. The summed E-state index contributed by atoms with van der Waals surface area (Å²) in [5.41, 5.74) is 3.43. The van der Waals surface area contributed by atoms with Crippen molar-refractivity contribution in [2.75, 3.05) is 17.7 Å². The van der Waals surface area contributed by atoms with Gasteiger partial charge in [0.1, 0.15) is 17.5 Å². The minimum atomic E-state index is 0.713. The van der Waals surface area contributed by atoms with Crippen molar-refractivity contribution >= 4 is 11.6 Å². The minimum Gasteiger partial charge on any atom is -0.373 e. The Hall–Kier alpha value is -2.11. The summed E-state index contributed by atoms with van der Waals surface area (Å²) < 4.78 is 1.90. The summed E-state index contributed by atoms with van der Waals surface area (Å²) in [5, 5.41) is 10.8. The molecule has 19 heavy (non-hydrogen) atoms. The first kappa shape index (κ1) is 13.3. The van der Waals surface area contributed by atoms with Crippen molar-refractivity contribution in [1.29, 1.82) is 0 Å². The fraction of sp³-hybridized carbons (Fsp3) is 0.462. The third-order valence-corrected chi connectivity index (χ3v) is 3.20. The van der Waals surface area contributed by atoms with E-state index in [0.29, 0.717) is 6.54 Å². The molecule has 6 nitrogen and oxygen atoms in total. The molecular weight excluding hydrogens is 240 g/mol. The molecule has 102 valence electrons. The van der Waals surface area contributed by atoms with Crippen molar-refractivity contribution in [2.24, 2.45) is 7.05 Å². The molecule has 6 heteroatoms. The van der Waals surface area contributed by atoms with E-state index >= 15 is 0 Å². The summed E-state index contributed by atoms with van der Waals surface area (Å²) in [4.78, 5) is 8.64. The van der Waals surface area contributed by atoms with Crippen LogP contribution in [0.1, 0.15) is 22.8 Å². The molecule has 2 rings (SSSR count). The van der Waals surface area contributed by atoms with Crippen LogP contribution in [0.2, 0.25) is 0 Å². The molecule has 0 bridgehead atoms. The van der Waals surface area contributed by atoms with Crippen LogP contribution in [0.3, 0.4) is 0 Å². The average Bonchev–Trinajstić information content (AvgIpc) is 2.60. The fourth-order valence-corrected chi connectivity index (χ4v) is 2.04. The predicted octanol–water partition coefficient (Wildman–Crippen LogP) is 1.79. The first-order valence-corrected chi connectivity index (χ1v) is 6.27. The van der Waals surface area contributed by atoms with Gasteiger partial charge in [-0.3, -0.25) is 4.68 Å². The van der Waals surface area contributed by atoms with Gasteiger partial charge in [-0.1, -0.05) is 0 Å². The van der Waals surface area contributed by atoms with Crippen molar-refractivity contribution in [3.8, 4) is 0 Å². The number of hydrogen-bond acceptors (Lipinski definition) is 5. The zero-order chi connectivity index (χ0) is 14.0. The van der Waals surface area contributed by atoms with Gasteiger partial charge < -0.3 is 10.6 Å². The van der Waals surface area contributed by atoms with Crippen LogP contribution in [0.25, 0.3) is 0 Å². The molecule has 0 saturated heterocycles. The maximum Gasteiger partial charge on any atom is 0.132 e. The van der Waals surface area contributed by atoms with E-state index in [4.69, 9.17) is 0 Å². The second-order valence-electron chi connectivity index (χ2n) is 4.56. The zero-order valence-corrected chi connectivity index (χ0v) is 12.1. The Morgan fingerprint density at radius 2 is 1.84 bits per heavy atom. The molecule has 0 aliphatic carbocycles. The summed E-state index contributed by atoms with van der Waals surface area (Å²) in [7, 11) is 3.81. The van der Waals surface area contributed by atoms with E-state index in [-0.39, 0.29) is 0 Å². The van der Waals surface area contributed by atoms with Gasteiger partial charge in [-0.05, 0) is 20.8 Å². The van der Waals surface area contributed by atoms with E-state index in [9.17, 15) is 0 Å². The van der Waals surface area contributed by atoms with Crippen LogP contribution in [-0.4, -0.2) is 26.8 Å². The van der Waals surface area contributed by atoms with Gasteiger partial charge in [-0.15, -0.1) is 0 Å². The fourth-order valence-electron chi connectivity index (χ4n) is 2.04. The molecule has 0 atom stereocenters. The maximum absolute atomic E-state index is 4.41. The largest absolute Gasteiger partial charge is 0.373 e. The number of hydrogen-bond donors (Lipinski definition) is 2. The van der Waals surface area contributed by atoms with Crippen molar-refractivity contribution in [1.82, 2.24) is 19.7 Å². The molecule has 2 aromatic heterocycles. The molecule has 0 aliphatic rings. The normalized spacial score (nSPS) is 10.6. The van der Waals surface area contributed by atoms with Gasteiger partial charge in [0.25, 0.3) is 0 Å². The lowest BCUT2D eigenvalue weighted by atomic mass is 10.2. The lowest BCUT2D eigenvalue weighted by molar-refractivity contribution is 0.730. The Labute approximate surface area is 113 Å². The molecule has 2 aromatic rings. The summed E-state index contributed by atoms with van der Waals surface area (Å²) in [5.74, 6) is 2.38. The highest BCUT2D eigenvalue weighted by atomic mass is 15.3. The molecule has 0 unspecified atom stereocenters. The standard InChI is InChI=1S/C13H20N6/c1-8-11(9(2)19(5)18-8)7-15-13-6-12(14-4)16-10(3)17-13/h6H,7H2,1-5H3,(H2,14,15,16,17). The average molecular weight is 260 g/mol. The van der Waals surface area contributed by atoms with Crippen molar-refractivity contribution < 1.29 is 0 Å². The van der Waals surface area contributed by atoms with Gasteiger partial charge in [-0.25, -0.2) is 9.97 Å². The van der Waals surface area contributed by atoms with Crippen LogP contribution in [-0.2, 0) is 13.6 Å². The van der Waals surface area contributed by atoms with Gasteiger partial charge >= 0.3 is 0 Å². The Balaban J connectivity index is 2.16. The van der Waals surface area contributed by atoms with Gasteiger partial charge in [0.05, 0.1) is 5.69 Å². The highest BCUT2D eigenvalue weighted by Crippen LogP contribution is 2.15. The summed E-state index contributed by atoms with van der Waals surface area (Å²) in [6.07, 6.45) is 0.